The number of hydrogen-bond donors (Lipinski definition) is 1. The zero-order chi connectivity index (χ0) is 24.7. The van der Waals surface area contributed by atoms with Gasteiger partial charge in [0.25, 0.3) is 0 Å². The molecular weight excluding hydrogens is 446 g/mol. The molecule has 9 heteroatoms. The van der Waals surface area contributed by atoms with Crippen LogP contribution in [-0.2, 0) is 14.3 Å². The molecule has 8 nitrogen and oxygen atoms in total. The second-order valence-corrected chi connectivity index (χ2v) is 8.63. The number of methoxy groups -OCH3 is 2. The summed E-state index contributed by atoms with van der Waals surface area (Å²) in [6, 6.07) is 5.22. The second-order valence-electron chi connectivity index (χ2n) is 7.61. The van der Waals surface area contributed by atoms with Crippen LogP contribution in [0.1, 0.15) is 58.9 Å². The third kappa shape index (κ3) is 6.82. The van der Waals surface area contributed by atoms with Crippen molar-refractivity contribution in [2.45, 2.75) is 46.8 Å². The molecule has 2 rings (SSSR count). The Morgan fingerprint density at radius 2 is 1.55 bits per heavy atom. The number of thiophene rings is 1. The van der Waals surface area contributed by atoms with E-state index in [1.54, 1.807) is 58.9 Å². The number of anilines is 1. The topological polar surface area (TPSA) is 100 Å². The maximum absolute atomic E-state index is 12.7. The van der Waals surface area contributed by atoms with E-state index in [0.717, 1.165) is 11.3 Å². The normalized spacial score (nSPS) is 11.1. The van der Waals surface area contributed by atoms with Crippen LogP contribution < -0.4 is 14.8 Å². The van der Waals surface area contributed by atoms with Gasteiger partial charge in [0, 0.05) is 6.08 Å². The number of hydrogen-bond acceptors (Lipinski definition) is 8. The van der Waals surface area contributed by atoms with Crippen molar-refractivity contribution in [2.24, 2.45) is 0 Å². The Morgan fingerprint density at radius 1 is 0.939 bits per heavy atom. The molecule has 0 aliphatic rings. The van der Waals surface area contributed by atoms with Gasteiger partial charge in [-0.15, -0.1) is 11.3 Å². The summed E-state index contributed by atoms with van der Waals surface area (Å²) in [7, 11) is 3.06. The summed E-state index contributed by atoms with van der Waals surface area (Å²) >= 11 is 0.975. The smallest absolute Gasteiger partial charge is 0.348 e. The highest BCUT2D eigenvalue weighted by atomic mass is 32.1. The first kappa shape index (κ1) is 25.9. The minimum atomic E-state index is -0.624. The maximum atomic E-state index is 12.7. The number of benzene rings is 1. The van der Waals surface area contributed by atoms with Crippen LogP contribution in [0.2, 0.25) is 0 Å². The maximum Gasteiger partial charge on any atom is 0.348 e. The summed E-state index contributed by atoms with van der Waals surface area (Å²) in [5, 5.41) is 2.90. The van der Waals surface area contributed by atoms with Crippen LogP contribution in [0.15, 0.2) is 24.3 Å². The highest BCUT2D eigenvalue weighted by molar-refractivity contribution is 7.18. The third-order valence-corrected chi connectivity index (χ3v) is 5.48. The molecule has 1 aromatic heterocycles. The molecule has 1 aromatic carbocycles. The summed E-state index contributed by atoms with van der Waals surface area (Å²) in [5.74, 6) is -0.564. The molecule has 0 saturated carbocycles. The van der Waals surface area contributed by atoms with Gasteiger partial charge in [-0.3, -0.25) is 4.79 Å². The van der Waals surface area contributed by atoms with Crippen molar-refractivity contribution in [1.82, 2.24) is 0 Å². The van der Waals surface area contributed by atoms with Crippen molar-refractivity contribution >= 4 is 40.3 Å². The first-order valence-corrected chi connectivity index (χ1v) is 11.1. The van der Waals surface area contributed by atoms with Gasteiger partial charge in [0.1, 0.15) is 9.88 Å². The fraction of sp³-hybridized carbons (Fsp3) is 0.375. The predicted molar refractivity (Wildman–Crippen MR) is 127 cm³/mol. The molecule has 1 amide bonds. The molecule has 178 valence electrons. The predicted octanol–water partition coefficient (Wildman–Crippen LogP) is 4.86. The van der Waals surface area contributed by atoms with Crippen LogP contribution in [-0.4, -0.2) is 44.3 Å². The van der Waals surface area contributed by atoms with Gasteiger partial charge >= 0.3 is 11.9 Å². The van der Waals surface area contributed by atoms with Gasteiger partial charge in [-0.2, -0.15) is 0 Å². The van der Waals surface area contributed by atoms with E-state index in [-0.39, 0.29) is 27.6 Å². The molecule has 33 heavy (non-hydrogen) atoms. The SMILES string of the molecule is COc1ccc(C=CC(=O)Nc2sc(C(=O)OC(C)C)c(C)c2C(=O)OC(C)C)cc1OC. The fourth-order valence-corrected chi connectivity index (χ4v) is 3.95. The summed E-state index contributed by atoms with van der Waals surface area (Å²) < 4.78 is 21.1. The monoisotopic (exact) mass is 475 g/mol. The van der Waals surface area contributed by atoms with E-state index < -0.39 is 17.8 Å². The Morgan fingerprint density at radius 3 is 2.12 bits per heavy atom. The van der Waals surface area contributed by atoms with E-state index in [1.807, 2.05) is 0 Å². The lowest BCUT2D eigenvalue weighted by atomic mass is 10.1. The molecule has 0 radical (unpaired) electrons. The quantitative estimate of drug-likeness (QED) is 0.408. The molecule has 0 unspecified atom stereocenters. The molecule has 0 spiro atoms. The van der Waals surface area contributed by atoms with Crippen LogP contribution in [0.4, 0.5) is 5.00 Å². The summed E-state index contributed by atoms with van der Waals surface area (Å²) in [5.41, 5.74) is 1.25. The van der Waals surface area contributed by atoms with E-state index in [9.17, 15) is 14.4 Å². The van der Waals surface area contributed by atoms with Gasteiger partial charge in [0.2, 0.25) is 5.91 Å². The minimum absolute atomic E-state index is 0.136. The van der Waals surface area contributed by atoms with Gasteiger partial charge in [0.15, 0.2) is 11.5 Å². The molecule has 1 heterocycles. The Balaban J connectivity index is 2.32. The zero-order valence-corrected chi connectivity index (χ0v) is 20.6. The van der Waals surface area contributed by atoms with E-state index in [0.29, 0.717) is 22.6 Å². The van der Waals surface area contributed by atoms with Gasteiger partial charge in [-0.25, -0.2) is 9.59 Å². The van der Waals surface area contributed by atoms with E-state index >= 15 is 0 Å². The average Bonchev–Trinajstić information content (AvgIpc) is 3.06. The zero-order valence-electron chi connectivity index (χ0n) is 19.8. The highest BCUT2D eigenvalue weighted by Gasteiger charge is 2.28. The van der Waals surface area contributed by atoms with Crippen molar-refractivity contribution in [3.05, 3.63) is 45.8 Å². The lowest BCUT2D eigenvalue weighted by Crippen LogP contribution is -2.16. The van der Waals surface area contributed by atoms with Gasteiger partial charge < -0.3 is 24.3 Å². The first-order chi connectivity index (χ1) is 15.6. The molecule has 2 aromatic rings. The van der Waals surface area contributed by atoms with Crippen LogP contribution in [0.3, 0.4) is 0 Å². The van der Waals surface area contributed by atoms with E-state index in [2.05, 4.69) is 5.32 Å². The summed E-state index contributed by atoms with van der Waals surface area (Å²) in [4.78, 5) is 38.0. The van der Waals surface area contributed by atoms with Crippen molar-refractivity contribution in [1.29, 1.82) is 0 Å². The number of esters is 2. The van der Waals surface area contributed by atoms with Crippen molar-refractivity contribution in [3.63, 3.8) is 0 Å². The van der Waals surface area contributed by atoms with Crippen LogP contribution in [0.25, 0.3) is 6.08 Å². The summed E-state index contributed by atoms with van der Waals surface area (Å²) in [6.07, 6.45) is 2.22. The van der Waals surface area contributed by atoms with Gasteiger partial charge in [0.05, 0.1) is 32.0 Å². The molecule has 0 fully saturated rings. The fourth-order valence-electron chi connectivity index (χ4n) is 2.86. The Kier molecular flexibility index (Phi) is 9.04. The Hall–Kier alpha value is -3.33. The average molecular weight is 476 g/mol. The molecule has 0 atom stereocenters. The van der Waals surface area contributed by atoms with Crippen LogP contribution >= 0.6 is 11.3 Å². The molecule has 0 saturated heterocycles. The van der Waals surface area contributed by atoms with Crippen molar-refractivity contribution in [3.8, 4) is 11.5 Å². The molecule has 0 bridgehead atoms. The van der Waals surface area contributed by atoms with Gasteiger partial charge in [-0.1, -0.05) is 6.07 Å². The van der Waals surface area contributed by atoms with E-state index in [1.165, 1.54) is 20.3 Å². The van der Waals surface area contributed by atoms with E-state index in [4.69, 9.17) is 18.9 Å². The number of carbonyl (C=O) groups excluding carboxylic acids is 3. The lowest BCUT2D eigenvalue weighted by molar-refractivity contribution is -0.111. The highest BCUT2D eigenvalue weighted by Crippen LogP contribution is 2.35. The number of amides is 1. The third-order valence-electron chi connectivity index (χ3n) is 4.29. The Labute approximate surface area is 197 Å². The molecular formula is C24H29NO7S. The number of nitrogens with one attached hydrogen (secondary N) is 1. The Bertz CT molecular complexity index is 1050. The van der Waals surface area contributed by atoms with Crippen LogP contribution in [0.5, 0.6) is 11.5 Å². The lowest BCUT2D eigenvalue weighted by Gasteiger charge is -2.10. The number of rotatable bonds is 9. The van der Waals surface area contributed by atoms with Gasteiger partial charge in [-0.05, 0) is 64.0 Å². The second kappa shape index (κ2) is 11.5. The first-order valence-electron chi connectivity index (χ1n) is 10.3. The molecule has 0 aliphatic carbocycles. The summed E-state index contributed by atoms with van der Waals surface area (Å²) in [6.45, 7) is 8.53. The number of ether oxygens (including phenoxy) is 4. The minimum Gasteiger partial charge on any atom is -0.493 e. The molecule has 1 N–H and O–H groups in total. The van der Waals surface area contributed by atoms with Crippen molar-refractivity contribution in [2.75, 3.05) is 19.5 Å². The largest absolute Gasteiger partial charge is 0.493 e. The molecule has 0 aliphatic heterocycles. The standard InChI is InChI=1S/C24H29NO7S/c1-13(2)31-23(27)20-15(5)21(24(28)32-14(3)4)33-22(20)25-19(26)11-9-16-8-10-17(29-6)18(12-16)30-7/h8-14H,1-7H3,(H,25,26). The van der Waals surface area contributed by atoms with Crippen LogP contribution in [0, 0.1) is 6.92 Å². The number of carbonyl (C=O) groups is 3. The van der Waals surface area contributed by atoms with Crippen molar-refractivity contribution < 1.29 is 33.3 Å².